The number of hydrogen-bond donors (Lipinski definition) is 1. The SMILES string of the molecule is O=[N+]([O-])c1cn2c(n1)OCCNCC2. The highest BCUT2D eigenvalue weighted by atomic mass is 16.6. The summed E-state index contributed by atoms with van der Waals surface area (Å²) in [6.45, 7) is 2.62. The van der Waals surface area contributed by atoms with Gasteiger partial charge >= 0.3 is 11.8 Å². The van der Waals surface area contributed by atoms with Gasteiger partial charge in [0.15, 0.2) is 0 Å². The van der Waals surface area contributed by atoms with Crippen LogP contribution in [0.15, 0.2) is 6.20 Å². The lowest BCUT2D eigenvalue weighted by atomic mass is 10.5. The van der Waals surface area contributed by atoms with Crippen LogP contribution in [0.5, 0.6) is 6.01 Å². The Kier molecular flexibility index (Phi) is 2.32. The van der Waals surface area contributed by atoms with Gasteiger partial charge in [-0.25, -0.2) is 0 Å². The number of nitrogens with one attached hydrogen (secondary N) is 1. The first-order valence-electron chi connectivity index (χ1n) is 4.32. The van der Waals surface area contributed by atoms with Gasteiger partial charge in [0, 0.05) is 24.6 Å². The third kappa shape index (κ3) is 1.67. The second-order valence-corrected chi connectivity index (χ2v) is 2.93. The van der Waals surface area contributed by atoms with Crippen molar-refractivity contribution >= 4 is 5.82 Å². The van der Waals surface area contributed by atoms with Crippen molar-refractivity contribution in [2.75, 3.05) is 19.7 Å². The highest BCUT2D eigenvalue weighted by Crippen LogP contribution is 2.17. The minimum Gasteiger partial charge on any atom is -0.444 e. The summed E-state index contributed by atoms with van der Waals surface area (Å²) in [7, 11) is 0. The number of ether oxygens (including phenoxy) is 1. The molecule has 2 heterocycles. The fourth-order valence-electron chi connectivity index (χ4n) is 1.29. The molecule has 7 nitrogen and oxygen atoms in total. The molecule has 0 saturated heterocycles. The van der Waals surface area contributed by atoms with Crippen LogP contribution in [0.3, 0.4) is 0 Å². The maximum atomic E-state index is 10.4. The van der Waals surface area contributed by atoms with Gasteiger partial charge in [0.2, 0.25) is 0 Å². The summed E-state index contributed by atoms with van der Waals surface area (Å²) in [6, 6.07) is 0.332. The van der Waals surface area contributed by atoms with Crippen LogP contribution in [0.2, 0.25) is 0 Å². The summed E-state index contributed by atoms with van der Waals surface area (Å²) in [4.78, 5) is 13.7. The molecule has 0 amide bonds. The molecule has 1 aromatic heterocycles. The molecule has 0 aliphatic carbocycles. The normalized spacial score (nSPS) is 16.3. The lowest BCUT2D eigenvalue weighted by Gasteiger charge is -2.10. The van der Waals surface area contributed by atoms with Crippen LogP contribution in [-0.4, -0.2) is 34.2 Å². The van der Waals surface area contributed by atoms with Gasteiger partial charge in [-0.1, -0.05) is 0 Å². The van der Waals surface area contributed by atoms with Crippen LogP contribution in [-0.2, 0) is 6.54 Å². The number of hydrogen-bond acceptors (Lipinski definition) is 5. The van der Waals surface area contributed by atoms with E-state index in [1.54, 1.807) is 4.57 Å². The molecule has 14 heavy (non-hydrogen) atoms. The molecule has 0 fully saturated rings. The molecule has 0 atom stereocenters. The molecule has 0 bridgehead atoms. The summed E-state index contributed by atoms with van der Waals surface area (Å²) in [5, 5.41) is 13.6. The fraction of sp³-hybridized carbons (Fsp3) is 0.571. The van der Waals surface area contributed by atoms with E-state index in [2.05, 4.69) is 10.3 Å². The molecule has 76 valence electrons. The Morgan fingerprint density at radius 3 is 3.29 bits per heavy atom. The van der Waals surface area contributed by atoms with Gasteiger partial charge in [-0.2, -0.15) is 0 Å². The predicted octanol–water partition coefficient (Wildman–Crippen LogP) is -0.227. The Morgan fingerprint density at radius 2 is 2.50 bits per heavy atom. The molecule has 1 N–H and O–H groups in total. The second kappa shape index (κ2) is 3.62. The van der Waals surface area contributed by atoms with Gasteiger partial charge in [0.1, 0.15) is 12.8 Å². The molecule has 0 unspecified atom stereocenters. The van der Waals surface area contributed by atoms with E-state index < -0.39 is 4.92 Å². The van der Waals surface area contributed by atoms with Crippen molar-refractivity contribution in [3.8, 4) is 6.01 Å². The molecule has 0 radical (unpaired) electrons. The number of fused-ring (bicyclic) bond motifs is 1. The van der Waals surface area contributed by atoms with Crippen molar-refractivity contribution in [2.45, 2.75) is 6.54 Å². The molecule has 1 aliphatic rings. The van der Waals surface area contributed by atoms with Gasteiger partial charge in [0.25, 0.3) is 0 Å². The van der Waals surface area contributed by atoms with Gasteiger partial charge in [-0.05, 0) is 4.92 Å². The van der Waals surface area contributed by atoms with Crippen molar-refractivity contribution in [1.29, 1.82) is 0 Å². The van der Waals surface area contributed by atoms with Crippen molar-refractivity contribution in [2.24, 2.45) is 0 Å². The van der Waals surface area contributed by atoms with E-state index in [4.69, 9.17) is 4.74 Å². The summed E-state index contributed by atoms with van der Waals surface area (Å²) < 4.78 is 6.89. The molecule has 1 aromatic rings. The third-order valence-corrected chi connectivity index (χ3v) is 1.95. The topological polar surface area (TPSA) is 82.2 Å². The van der Waals surface area contributed by atoms with E-state index in [-0.39, 0.29) is 5.82 Å². The second-order valence-electron chi connectivity index (χ2n) is 2.93. The van der Waals surface area contributed by atoms with Crippen LogP contribution in [0.25, 0.3) is 0 Å². The predicted molar refractivity (Wildman–Crippen MR) is 47.2 cm³/mol. The smallest absolute Gasteiger partial charge is 0.414 e. The van der Waals surface area contributed by atoms with Crippen LogP contribution >= 0.6 is 0 Å². The van der Waals surface area contributed by atoms with Gasteiger partial charge < -0.3 is 20.2 Å². The zero-order chi connectivity index (χ0) is 9.97. The average Bonchev–Trinajstić information content (AvgIpc) is 2.48. The summed E-state index contributed by atoms with van der Waals surface area (Å²) in [5.74, 6) is -0.165. The first kappa shape index (κ1) is 8.95. The molecular weight excluding hydrogens is 188 g/mol. The number of nitro groups is 1. The Hall–Kier alpha value is -1.63. The zero-order valence-corrected chi connectivity index (χ0v) is 7.47. The number of imidazole rings is 1. The molecule has 7 heteroatoms. The summed E-state index contributed by atoms with van der Waals surface area (Å²) >= 11 is 0. The van der Waals surface area contributed by atoms with Crippen molar-refractivity contribution < 1.29 is 9.66 Å². The Balaban J connectivity index is 2.27. The highest BCUT2D eigenvalue weighted by Gasteiger charge is 2.20. The summed E-state index contributed by atoms with van der Waals surface area (Å²) in [6.07, 6.45) is 1.39. The molecule has 0 aromatic carbocycles. The van der Waals surface area contributed by atoms with Gasteiger partial charge in [-0.3, -0.25) is 4.57 Å². The van der Waals surface area contributed by atoms with Crippen molar-refractivity contribution in [3.05, 3.63) is 16.3 Å². The first-order valence-corrected chi connectivity index (χ1v) is 4.32. The Bertz CT molecular complexity index is 323. The standard InChI is InChI=1S/C7H10N4O3/c12-11(13)6-5-10-3-1-8-2-4-14-7(10)9-6/h5,8H,1-4H2. The van der Waals surface area contributed by atoms with Gasteiger partial charge in [-0.15, -0.1) is 0 Å². The molecular formula is C7H10N4O3. The first-order chi connectivity index (χ1) is 6.77. The molecule has 2 rings (SSSR count). The maximum absolute atomic E-state index is 10.4. The van der Waals surface area contributed by atoms with E-state index >= 15 is 0 Å². The Morgan fingerprint density at radius 1 is 1.64 bits per heavy atom. The lowest BCUT2D eigenvalue weighted by molar-refractivity contribution is -0.389. The van der Waals surface area contributed by atoms with Gasteiger partial charge in [0.05, 0.1) is 0 Å². The molecule has 0 saturated carbocycles. The van der Waals surface area contributed by atoms with Crippen LogP contribution in [0, 0.1) is 10.1 Å². The zero-order valence-electron chi connectivity index (χ0n) is 7.47. The minimum atomic E-state index is -0.519. The van der Waals surface area contributed by atoms with Crippen molar-refractivity contribution in [3.63, 3.8) is 0 Å². The quantitative estimate of drug-likeness (QED) is 0.498. The van der Waals surface area contributed by atoms with Crippen LogP contribution < -0.4 is 10.1 Å². The lowest BCUT2D eigenvalue weighted by Crippen LogP contribution is -2.28. The number of aromatic nitrogens is 2. The molecule has 1 aliphatic heterocycles. The minimum absolute atomic E-state index is 0.165. The maximum Gasteiger partial charge on any atom is 0.414 e. The largest absolute Gasteiger partial charge is 0.444 e. The van der Waals surface area contributed by atoms with E-state index in [0.29, 0.717) is 19.2 Å². The van der Waals surface area contributed by atoms with Crippen LogP contribution in [0.4, 0.5) is 5.82 Å². The van der Waals surface area contributed by atoms with Crippen molar-refractivity contribution in [1.82, 2.24) is 14.9 Å². The average molecular weight is 198 g/mol. The van der Waals surface area contributed by atoms with Crippen LogP contribution in [0.1, 0.15) is 0 Å². The highest BCUT2D eigenvalue weighted by molar-refractivity contribution is 5.20. The number of rotatable bonds is 1. The van der Waals surface area contributed by atoms with E-state index in [1.165, 1.54) is 6.20 Å². The number of nitrogens with zero attached hydrogens (tertiary/aromatic N) is 3. The third-order valence-electron chi connectivity index (χ3n) is 1.95. The molecule has 0 spiro atoms. The fourth-order valence-corrected chi connectivity index (χ4v) is 1.29. The Labute approximate surface area is 79.8 Å². The monoisotopic (exact) mass is 198 g/mol. The van der Waals surface area contributed by atoms with E-state index in [9.17, 15) is 10.1 Å². The van der Waals surface area contributed by atoms with E-state index in [1.807, 2.05) is 0 Å². The van der Waals surface area contributed by atoms with E-state index in [0.717, 1.165) is 13.1 Å². The summed E-state index contributed by atoms with van der Waals surface area (Å²) in [5.41, 5.74) is 0.